The molecule has 3 aliphatic rings. The van der Waals surface area contributed by atoms with Gasteiger partial charge in [0.2, 0.25) is 0 Å². The Morgan fingerprint density at radius 1 is 1.21 bits per heavy atom. The van der Waals surface area contributed by atoms with Gasteiger partial charge in [0.1, 0.15) is 11.4 Å². The van der Waals surface area contributed by atoms with Crippen LogP contribution in [0.1, 0.15) is 47.4 Å². The molecule has 0 radical (unpaired) electrons. The predicted molar refractivity (Wildman–Crippen MR) is 108 cm³/mol. The second-order valence-electron chi connectivity index (χ2n) is 8.96. The molecule has 2 aromatic heterocycles. The molecule has 0 unspecified atom stereocenters. The number of nitrogens with zero attached hydrogens (tertiary/aromatic N) is 4. The third-order valence-electron chi connectivity index (χ3n) is 6.69. The topological polar surface area (TPSA) is 80.1 Å². The van der Waals surface area contributed by atoms with Gasteiger partial charge < -0.3 is 14.8 Å². The summed E-state index contributed by atoms with van der Waals surface area (Å²) in [7, 11) is 0. The maximum Gasteiger partial charge on any atom is 0.285 e. The van der Waals surface area contributed by atoms with E-state index in [4.69, 9.17) is 0 Å². The first kappa shape index (κ1) is 18.5. The largest absolute Gasteiger partial charge is 0.348 e. The van der Waals surface area contributed by atoms with Crippen molar-refractivity contribution in [1.29, 1.82) is 0 Å². The molecule has 1 spiro atoms. The van der Waals surface area contributed by atoms with Crippen molar-refractivity contribution in [3.05, 3.63) is 58.0 Å². The van der Waals surface area contributed by atoms with Crippen LogP contribution in [0.25, 0.3) is 0 Å². The Hall–Kier alpha value is -2.54. The lowest BCUT2D eigenvalue weighted by Gasteiger charge is -2.38. The number of aromatic nitrogens is 3. The minimum absolute atomic E-state index is 0.131. The highest BCUT2D eigenvalue weighted by Gasteiger charge is 2.41. The monoisotopic (exact) mass is 393 g/mol. The first-order valence-corrected chi connectivity index (χ1v) is 10.6. The van der Waals surface area contributed by atoms with Crippen molar-refractivity contribution in [3.8, 4) is 0 Å². The Bertz CT molecular complexity index is 959. The lowest BCUT2D eigenvalue weighted by molar-refractivity contribution is 0.0945. The summed E-state index contributed by atoms with van der Waals surface area (Å²) in [5.74, 6) is 1.39. The van der Waals surface area contributed by atoms with Crippen LogP contribution in [-0.2, 0) is 19.5 Å². The van der Waals surface area contributed by atoms with Gasteiger partial charge in [0.05, 0.1) is 0 Å². The van der Waals surface area contributed by atoms with E-state index in [9.17, 15) is 9.59 Å². The van der Waals surface area contributed by atoms with Gasteiger partial charge in [-0.3, -0.25) is 14.6 Å². The number of carbonyl (C=O) groups excluding carboxylic acids is 1. The summed E-state index contributed by atoms with van der Waals surface area (Å²) in [4.78, 5) is 35.9. The number of carbonyl (C=O) groups is 1. The molecule has 2 fully saturated rings. The first-order valence-electron chi connectivity index (χ1n) is 10.6. The van der Waals surface area contributed by atoms with Gasteiger partial charge in [0, 0.05) is 44.6 Å². The summed E-state index contributed by atoms with van der Waals surface area (Å²) in [6.07, 6.45) is 11.0. The molecule has 0 atom stereocenters. The zero-order chi connectivity index (χ0) is 19.8. The van der Waals surface area contributed by atoms with Crippen LogP contribution in [-0.4, -0.2) is 45.0 Å². The number of rotatable bonds is 5. The fourth-order valence-electron chi connectivity index (χ4n) is 4.70. The summed E-state index contributed by atoms with van der Waals surface area (Å²) < 4.78 is 2.04. The molecule has 7 nitrogen and oxygen atoms in total. The predicted octanol–water partition coefficient (Wildman–Crippen LogP) is 1.62. The molecular weight excluding hydrogens is 366 g/mol. The molecule has 1 aliphatic carbocycles. The summed E-state index contributed by atoms with van der Waals surface area (Å²) in [6, 6.07) is 3.68. The second-order valence-corrected chi connectivity index (χ2v) is 8.96. The minimum atomic E-state index is -0.424. The van der Waals surface area contributed by atoms with Gasteiger partial charge in [-0.25, -0.2) is 0 Å². The molecule has 5 rings (SSSR count). The lowest BCUT2D eigenvalue weighted by atomic mass is 9.77. The molecule has 7 heteroatoms. The van der Waals surface area contributed by atoms with Crippen molar-refractivity contribution in [1.82, 2.24) is 24.8 Å². The quantitative estimate of drug-likeness (QED) is 0.835. The molecule has 1 amide bonds. The molecule has 29 heavy (non-hydrogen) atoms. The van der Waals surface area contributed by atoms with Crippen LogP contribution in [0.2, 0.25) is 0 Å². The van der Waals surface area contributed by atoms with E-state index in [2.05, 4.69) is 20.2 Å². The maximum atomic E-state index is 12.6. The van der Waals surface area contributed by atoms with Crippen molar-refractivity contribution in [2.75, 3.05) is 19.6 Å². The van der Waals surface area contributed by atoms with Crippen LogP contribution in [0.5, 0.6) is 0 Å². The fourth-order valence-corrected chi connectivity index (χ4v) is 4.70. The molecule has 0 aromatic carbocycles. The van der Waals surface area contributed by atoms with E-state index in [-0.39, 0.29) is 16.9 Å². The van der Waals surface area contributed by atoms with E-state index in [0.29, 0.717) is 6.54 Å². The van der Waals surface area contributed by atoms with Crippen molar-refractivity contribution in [3.63, 3.8) is 0 Å². The second kappa shape index (κ2) is 7.37. The molecule has 152 valence electrons. The van der Waals surface area contributed by atoms with E-state index >= 15 is 0 Å². The molecule has 4 heterocycles. The third-order valence-corrected chi connectivity index (χ3v) is 6.69. The number of pyridine rings is 1. The zero-order valence-electron chi connectivity index (χ0n) is 16.6. The average Bonchev–Trinajstić information content (AvgIpc) is 3.48. The van der Waals surface area contributed by atoms with Crippen LogP contribution in [0.4, 0.5) is 0 Å². The molecular formula is C22H27N5O2. The van der Waals surface area contributed by atoms with Gasteiger partial charge in [-0.1, -0.05) is 0 Å². The van der Waals surface area contributed by atoms with Crippen LogP contribution in [0, 0.1) is 11.3 Å². The summed E-state index contributed by atoms with van der Waals surface area (Å²) in [5, 5.41) is 2.82. The number of likely N-dealkylation sites (tertiary alicyclic amines) is 1. The highest BCUT2D eigenvalue weighted by molar-refractivity contribution is 5.93. The van der Waals surface area contributed by atoms with E-state index in [0.717, 1.165) is 56.2 Å². The standard InChI is InChI=1S/C22H27N5O2/c28-20(24-12-16-3-7-23-8-4-16)18-14-27-15-22(11-19(27)25-21(18)29)5-9-26(10-6-22)13-17-1-2-17/h3-4,7-8,14,17H,1-2,5-6,9-13,15H2,(H,24,28). The number of fused-ring (bicyclic) bond motifs is 1. The number of piperidine rings is 1. The van der Waals surface area contributed by atoms with Gasteiger partial charge in [-0.05, 0) is 67.8 Å². The Labute approximate surface area is 170 Å². The summed E-state index contributed by atoms with van der Waals surface area (Å²) in [6.45, 7) is 4.74. The van der Waals surface area contributed by atoms with Gasteiger partial charge in [-0.15, -0.1) is 0 Å². The van der Waals surface area contributed by atoms with Gasteiger partial charge in [-0.2, -0.15) is 4.98 Å². The van der Waals surface area contributed by atoms with E-state index in [1.54, 1.807) is 18.6 Å². The van der Waals surface area contributed by atoms with Crippen molar-refractivity contribution >= 4 is 5.91 Å². The molecule has 1 saturated heterocycles. The maximum absolute atomic E-state index is 12.6. The normalized spacial score (nSPS) is 20.6. The molecule has 2 aromatic rings. The van der Waals surface area contributed by atoms with Crippen molar-refractivity contribution < 1.29 is 4.79 Å². The number of hydrogen-bond donors (Lipinski definition) is 1. The van der Waals surface area contributed by atoms with Crippen LogP contribution in [0.15, 0.2) is 35.5 Å². The van der Waals surface area contributed by atoms with Gasteiger partial charge >= 0.3 is 0 Å². The Kier molecular flexibility index (Phi) is 4.70. The van der Waals surface area contributed by atoms with Crippen LogP contribution >= 0.6 is 0 Å². The molecule has 1 saturated carbocycles. The van der Waals surface area contributed by atoms with Crippen molar-refractivity contribution in [2.45, 2.75) is 45.2 Å². The highest BCUT2D eigenvalue weighted by Crippen LogP contribution is 2.41. The first-order chi connectivity index (χ1) is 14.1. The van der Waals surface area contributed by atoms with E-state index in [1.807, 2.05) is 16.7 Å². The summed E-state index contributed by atoms with van der Waals surface area (Å²) in [5.41, 5.74) is 0.843. The molecule has 0 bridgehead atoms. The number of nitrogens with one attached hydrogen (secondary N) is 1. The number of amides is 1. The third kappa shape index (κ3) is 3.96. The van der Waals surface area contributed by atoms with E-state index in [1.165, 1.54) is 19.4 Å². The SMILES string of the molecule is O=C(NCc1ccncc1)c1cn2c(nc1=O)CC1(CCN(CC3CC3)CC1)C2. The fraction of sp³-hybridized carbons (Fsp3) is 0.545. The summed E-state index contributed by atoms with van der Waals surface area (Å²) >= 11 is 0. The smallest absolute Gasteiger partial charge is 0.285 e. The zero-order valence-corrected chi connectivity index (χ0v) is 16.6. The Morgan fingerprint density at radius 3 is 2.69 bits per heavy atom. The van der Waals surface area contributed by atoms with E-state index < -0.39 is 5.56 Å². The minimum Gasteiger partial charge on any atom is -0.348 e. The van der Waals surface area contributed by atoms with Gasteiger partial charge in [0.15, 0.2) is 0 Å². The average molecular weight is 393 g/mol. The van der Waals surface area contributed by atoms with Crippen LogP contribution < -0.4 is 10.9 Å². The highest BCUT2D eigenvalue weighted by atomic mass is 16.2. The number of hydrogen-bond acceptors (Lipinski definition) is 5. The Balaban J connectivity index is 1.25. The molecule has 1 N–H and O–H groups in total. The van der Waals surface area contributed by atoms with Gasteiger partial charge in [0.25, 0.3) is 11.5 Å². The van der Waals surface area contributed by atoms with Crippen molar-refractivity contribution in [2.24, 2.45) is 11.3 Å². The molecule has 2 aliphatic heterocycles. The van der Waals surface area contributed by atoms with Crippen LogP contribution in [0.3, 0.4) is 0 Å². The lowest BCUT2D eigenvalue weighted by Crippen LogP contribution is -2.41. The Morgan fingerprint density at radius 2 is 1.97 bits per heavy atom.